The van der Waals surface area contributed by atoms with Gasteiger partial charge in [-0.05, 0) is 18.4 Å². The maximum absolute atomic E-state index is 4.25. The monoisotopic (exact) mass is 228 g/mol. The molecule has 0 heterocycles. The van der Waals surface area contributed by atoms with Gasteiger partial charge in [0.05, 0.1) is 0 Å². The summed E-state index contributed by atoms with van der Waals surface area (Å²) in [5, 5.41) is 0. The molecule has 0 aromatic rings. The van der Waals surface area contributed by atoms with Gasteiger partial charge in [0, 0.05) is 14.2 Å². The predicted octanol–water partition coefficient (Wildman–Crippen LogP) is 5.20. The first-order valence-corrected chi connectivity index (χ1v) is 5.54. The Balaban J connectivity index is -0.0000000162. The van der Waals surface area contributed by atoms with Crippen LogP contribution in [0.5, 0.6) is 0 Å². The van der Waals surface area contributed by atoms with Gasteiger partial charge in [0.2, 0.25) is 0 Å². The minimum absolute atomic E-state index is 0. The van der Waals surface area contributed by atoms with E-state index in [-0.39, 0.29) is 22.3 Å². The van der Waals surface area contributed by atoms with E-state index in [0.717, 1.165) is 5.92 Å². The molecule has 0 bridgehead atoms. The molecule has 0 aromatic heterocycles. The van der Waals surface area contributed by atoms with Crippen molar-refractivity contribution in [3.63, 3.8) is 0 Å². The van der Waals surface area contributed by atoms with Crippen molar-refractivity contribution < 1.29 is 4.74 Å². The number of methoxy groups -OCH3 is 1. The van der Waals surface area contributed by atoms with Crippen molar-refractivity contribution in [2.45, 2.75) is 49.5 Å². The summed E-state index contributed by atoms with van der Waals surface area (Å²) in [6.07, 6.45) is 5.39. The lowest BCUT2D eigenvalue weighted by atomic mass is 10.2. The second-order valence-electron chi connectivity index (χ2n) is 2.62. The summed E-state index contributed by atoms with van der Waals surface area (Å²) in [6.45, 7) is 6.64. The lowest BCUT2D eigenvalue weighted by Gasteiger charge is -1.90. The molecule has 0 aromatic carbocycles. The molecule has 0 atom stereocenters. The zero-order chi connectivity index (χ0) is 9.70. The molecule has 0 rings (SSSR count). The van der Waals surface area contributed by atoms with Crippen molar-refractivity contribution in [2.75, 3.05) is 26.7 Å². The minimum atomic E-state index is 0. The van der Waals surface area contributed by atoms with Gasteiger partial charge in [0.25, 0.3) is 0 Å². The zero-order valence-corrected chi connectivity index (χ0v) is 9.92. The third-order valence-corrected chi connectivity index (χ3v) is 0.816. The molecule has 2 heteroatoms. The average Bonchev–Trinajstić information content (AvgIpc) is 1.91. The Kier molecular flexibility index (Phi) is 133. The van der Waals surface area contributed by atoms with E-state index in [1.807, 2.05) is 12.5 Å². The summed E-state index contributed by atoms with van der Waals surface area (Å²) in [5.41, 5.74) is 0. The van der Waals surface area contributed by atoms with Gasteiger partial charge in [-0.25, -0.2) is 0 Å². The van der Waals surface area contributed by atoms with Crippen LogP contribution in [0.4, 0.5) is 0 Å². The summed E-state index contributed by atoms with van der Waals surface area (Å²) in [5.74, 6) is 0.884. The Hall–Kier alpha value is 0.310. The first-order valence-electron chi connectivity index (χ1n) is 3.90. The molecular formula is C12H36OS. The lowest BCUT2D eigenvalue weighted by Crippen LogP contribution is -1.77. The van der Waals surface area contributed by atoms with Gasteiger partial charge in [0.1, 0.15) is 0 Å². The molecule has 0 aliphatic rings. The fourth-order valence-corrected chi connectivity index (χ4v) is 0. The highest BCUT2D eigenvalue weighted by Crippen LogP contribution is 1.93. The largest absolute Gasteiger partial charge is 0.388 e. The van der Waals surface area contributed by atoms with Crippen LogP contribution in [0.25, 0.3) is 0 Å². The van der Waals surface area contributed by atoms with Crippen molar-refractivity contribution in [1.29, 1.82) is 0 Å². The van der Waals surface area contributed by atoms with Crippen molar-refractivity contribution in [2.24, 2.45) is 5.92 Å². The smallest absolute Gasteiger partial charge is 0.0351 e. The molecule has 14 heavy (non-hydrogen) atoms. The Labute approximate surface area is 99.0 Å². The van der Waals surface area contributed by atoms with Gasteiger partial charge < -0.3 is 4.74 Å². The van der Waals surface area contributed by atoms with E-state index in [2.05, 4.69) is 25.5 Å². The number of hydrogen-bond acceptors (Lipinski definition) is 2. The minimum Gasteiger partial charge on any atom is -0.388 e. The van der Waals surface area contributed by atoms with Crippen LogP contribution in [-0.4, -0.2) is 26.7 Å². The quantitative estimate of drug-likeness (QED) is 0.610. The molecule has 0 aliphatic carbocycles. The summed E-state index contributed by atoms with van der Waals surface area (Å²) >= 11 is 1.75. The van der Waals surface area contributed by atoms with E-state index in [4.69, 9.17) is 0 Å². The molecule has 0 radical (unpaired) electrons. The van der Waals surface area contributed by atoms with Crippen molar-refractivity contribution >= 4 is 11.8 Å². The zero-order valence-electron chi connectivity index (χ0n) is 9.10. The number of rotatable bonds is 1. The fourth-order valence-electron chi connectivity index (χ4n) is 0. The number of thioether (sulfide) groups is 1. The van der Waals surface area contributed by atoms with E-state index in [1.165, 1.54) is 6.42 Å². The molecule has 0 N–H and O–H groups in total. The molecule has 0 amide bonds. The second kappa shape index (κ2) is 50.7. The third-order valence-electron chi connectivity index (χ3n) is 0.816. The standard InChI is InChI=1S/C5H12.C2H6O.C2H6S.3CH4/c1-4-5(2)3;2*1-3-2;;;/h5H,4H2,1-3H3;2*1-2H3;3*1H4. The van der Waals surface area contributed by atoms with Gasteiger partial charge in [0.15, 0.2) is 0 Å². The Bertz CT molecular complexity index is 37.3. The van der Waals surface area contributed by atoms with Crippen molar-refractivity contribution in [1.82, 2.24) is 0 Å². The van der Waals surface area contributed by atoms with Crippen LogP contribution in [0.1, 0.15) is 49.5 Å². The molecule has 0 fully saturated rings. The van der Waals surface area contributed by atoms with Crippen molar-refractivity contribution in [3.8, 4) is 0 Å². The van der Waals surface area contributed by atoms with E-state index in [1.54, 1.807) is 26.0 Å². The van der Waals surface area contributed by atoms with Crippen LogP contribution >= 0.6 is 11.8 Å². The molecule has 1 nitrogen and oxygen atoms in total. The Morgan fingerprint density at radius 2 is 1.07 bits per heavy atom. The third kappa shape index (κ3) is 295. The summed E-state index contributed by atoms with van der Waals surface area (Å²) in [6, 6.07) is 0. The maximum atomic E-state index is 4.25. The maximum Gasteiger partial charge on any atom is 0.0351 e. The highest BCUT2D eigenvalue weighted by Gasteiger charge is 1.80. The van der Waals surface area contributed by atoms with E-state index in [9.17, 15) is 0 Å². The van der Waals surface area contributed by atoms with Gasteiger partial charge in [-0.1, -0.05) is 49.5 Å². The van der Waals surface area contributed by atoms with Crippen LogP contribution in [0.3, 0.4) is 0 Å². The molecule has 0 aliphatic heterocycles. The van der Waals surface area contributed by atoms with Crippen LogP contribution in [0.15, 0.2) is 0 Å². The highest BCUT2D eigenvalue weighted by atomic mass is 32.2. The van der Waals surface area contributed by atoms with E-state index in [0.29, 0.717) is 0 Å². The van der Waals surface area contributed by atoms with Gasteiger partial charge >= 0.3 is 0 Å². The van der Waals surface area contributed by atoms with Crippen LogP contribution in [0, 0.1) is 5.92 Å². The first-order chi connectivity index (χ1) is 5.10. The summed E-state index contributed by atoms with van der Waals surface area (Å²) < 4.78 is 4.25. The van der Waals surface area contributed by atoms with Gasteiger partial charge in [-0.3, -0.25) is 0 Å². The molecule has 0 saturated carbocycles. The number of ether oxygens (including phenoxy) is 1. The van der Waals surface area contributed by atoms with Crippen molar-refractivity contribution in [3.05, 3.63) is 0 Å². The van der Waals surface area contributed by atoms with Crippen LogP contribution in [0.2, 0.25) is 0 Å². The Morgan fingerprint density at radius 1 is 1.00 bits per heavy atom. The predicted molar refractivity (Wildman–Crippen MR) is 77.7 cm³/mol. The first kappa shape index (κ1) is 36.7. The van der Waals surface area contributed by atoms with E-state index < -0.39 is 0 Å². The Morgan fingerprint density at radius 3 is 1.07 bits per heavy atom. The fraction of sp³-hybridized carbons (Fsp3) is 1.00. The molecule has 96 valence electrons. The lowest BCUT2D eigenvalue weighted by molar-refractivity contribution is 0.277. The average molecular weight is 228 g/mol. The van der Waals surface area contributed by atoms with Gasteiger partial charge in [-0.2, -0.15) is 11.8 Å². The molecule has 0 spiro atoms. The highest BCUT2D eigenvalue weighted by molar-refractivity contribution is 7.97. The molecule has 0 saturated heterocycles. The van der Waals surface area contributed by atoms with E-state index >= 15 is 0 Å². The molecular weight excluding hydrogens is 192 g/mol. The summed E-state index contributed by atoms with van der Waals surface area (Å²) in [4.78, 5) is 0. The normalized spacial score (nSPS) is 6.00. The topological polar surface area (TPSA) is 9.23 Å². The SMILES string of the molecule is C.C.C.CCC(C)C.COC.CSC. The van der Waals surface area contributed by atoms with Gasteiger partial charge in [-0.15, -0.1) is 0 Å². The molecule has 0 unspecified atom stereocenters. The summed E-state index contributed by atoms with van der Waals surface area (Å²) in [7, 11) is 3.25. The van der Waals surface area contributed by atoms with Crippen LogP contribution in [-0.2, 0) is 4.74 Å². The van der Waals surface area contributed by atoms with Crippen LogP contribution < -0.4 is 0 Å². The number of hydrogen-bond donors (Lipinski definition) is 0. The second-order valence-corrected chi connectivity index (χ2v) is 3.44.